The van der Waals surface area contributed by atoms with E-state index in [-0.39, 0.29) is 12.4 Å². The zero-order valence-corrected chi connectivity index (χ0v) is 3.22. The molecule has 0 aromatic rings. The lowest BCUT2D eigenvalue weighted by Gasteiger charge is -1.96. The third-order valence-electron chi connectivity index (χ3n) is 0. The van der Waals surface area contributed by atoms with Crippen molar-refractivity contribution in [2.24, 2.45) is 0 Å². The largest absolute Gasteiger partial charge is 0.652 e. The number of hydrogen-bond donors (Lipinski definition) is 0. The Labute approximate surface area is 34.6 Å². The molecule has 0 bridgehead atoms. The second kappa shape index (κ2) is 3.56. The number of carbonyl (C=O) groups is 1. The summed E-state index contributed by atoms with van der Waals surface area (Å²) in [6.45, 7) is 0. The highest BCUT2D eigenvalue weighted by Gasteiger charge is 1.26. The number of halogens is 1. The predicted octanol–water partition coefficient (Wildman–Crippen LogP) is -3.25. The van der Waals surface area contributed by atoms with E-state index in [0.29, 0.717) is 0 Å². The fourth-order valence-electron chi connectivity index (χ4n) is 0. The van der Waals surface area contributed by atoms with Gasteiger partial charge in [0.2, 0.25) is 0 Å². The van der Waals surface area contributed by atoms with Crippen molar-refractivity contribution in [1.29, 1.82) is 0 Å². The van der Waals surface area contributed by atoms with Gasteiger partial charge in [-0.3, -0.25) is 0 Å². The van der Waals surface area contributed by atoms with Crippen molar-refractivity contribution in [2.75, 3.05) is 0 Å². The van der Waals surface area contributed by atoms with Gasteiger partial charge in [-0.15, -0.1) is 0 Å². The summed E-state index contributed by atoms with van der Waals surface area (Å²) in [5.74, 6) is 0. The molecule has 0 heterocycles. The van der Waals surface area contributed by atoms with Crippen molar-refractivity contribution in [2.45, 2.75) is 0 Å². The summed E-state index contributed by atoms with van der Waals surface area (Å²) in [6.07, 6.45) is -2.33. The Morgan fingerprint density at radius 3 is 1.40 bits per heavy atom. The Morgan fingerprint density at radius 1 is 1.40 bits per heavy atom. The third kappa shape index (κ3) is 44.8. The van der Waals surface area contributed by atoms with E-state index < -0.39 is 6.16 Å². The predicted molar refractivity (Wildman–Crippen MR) is 9.58 cm³/mol. The molecule has 4 heteroatoms. The molecule has 0 spiro atoms. The Morgan fingerprint density at radius 2 is 1.40 bits per heavy atom. The number of carboxylic acid groups (broad SMARTS) is 2. The van der Waals surface area contributed by atoms with Gasteiger partial charge in [-0.1, -0.05) is 12.4 Å². The third-order valence-corrected chi connectivity index (χ3v) is 0. The van der Waals surface area contributed by atoms with Gasteiger partial charge in [-0.2, -0.15) is 0 Å². The van der Waals surface area contributed by atoms with E-state index in [1.807, 2.05) is 0 Å². The summed E-state index contributed by atoms with van der Waals surface area (Å²) in [4.78, 5) is 8.33. The molecule has 0 radical (unpaired) electrons. The van der Waals surface area contributed by atoms with E-state index in [9.17, 15) is 0 Å². The van der Waals surface area contributed by atoms with Gasteiger partial charge in [0.15, 0.2) is 0 Å². The van der Waals surface area contributed by atoms with Gasteiger partial charge in [0.05, 0.1) is 0 Å². The van der Waals surface area contributed by atoms with Crippen LogP contribution in [-0.2, 0) is 0 Å². The molecular formula is CH3ClO3. The highest BCUT2D eigenvalue weighted by Crippen LogP contribution is 1.21. The number of hydrogen-bond acceptors (Lipinski definition) is 3. The SMILES string of the molecule is O=C([O-])[O-].[ClH3+2]. The second-order valence-electron chi connectivity index (χ2n) is 0.250. The molecule has 0 aliphatic heterocycles. The standard InChI is InChI=1S/CH2O3.ClH3/c2-1(3)4;/h(H2,2,3,4);1H3/q;+2/p-2. The van der Waals surface area contributed by atoms with Crippen LogP contribution in [0.4, 0.5) is 4.79 Å². The maximum absolute atomic E-state index is 8.33. The Hall–Kier alpha value is -0.440. The quantitative estimate of drug-likeness (QED) is 0.320. The molecule has 0 aromatic heterocycles. The highest BCUT2D eigenvalue weighted by atomic mass is 35.5. The summed E-state index contributed by atoms with van der Waals surface area (Å²) < 4.78 is 0. The van der Waals surface area contributed by atoms with Crippen molar-refractivity contribution in [1.82, 2.24) is 0 Å². The maximum Gasteiger partial charge on any atom is -0.0431 e. The van der Waals surface area contributed by atoms with Crippen molar-refractivity contribution >= 4 is 6.16 Å². The fraction of sp³-hybridized carbons (Fsp3) is 0. The summed E-state index contributed by atoms with van der Waals surface area (Å²) in [6, 6.07) is 0. The van der Waals surface area contributed by atoms with Gasteiger partial charge in [0.25, 0.3) is 0 Å². The minimum Gasteiger partial charge on any atom is -0.652 e. The second-order valence-corrected chi connectivity index (χ2v) is 0.250. The molecule has 0 saturated heterocycles. The van der Waals surface area contributed by atoms with Gasteiger partial charge in [0, 0.05) is 0 Å². The monoisotopic (exact) mass is 98.0 g/mol. The van der Waals surface area contributed by atoms with E-state index >= 15 is 0 Å². The fourth-order valence-corrected chi connectivity index (χ4v) is 0. The molecule has 0 aliphatic rings. The topological polar surface area (TPSA) is 63.2 Å². The normalized spacial score (nSPS) is 4.80. The van der Waals surface area contributed by atoms with E-state index in [1.165, 1.54) is 0 Å². The molecule has 0 aliphatic carbocycles. The molecule has 0 N–H and O–H groups in total. The van der Waals surface area contributed by atoms with Crippen molar-refractivity contribution in [3.8, 4) is 0 Å². The van der Waals surface area contributed by atoms with Crippen LogP contribution in [0.1, 0.15) is 0 Å². The number of carbonyl (C=O) groups excluding carboxylic acids is 1. The zero-order chi connectivity index (χ0) is 3.58. The minimum atomic E-state index is -2.33. The van der Waals surface area contributed by atoms with Crippen LogP contribution in [0.15, 0.2) is 0 Å². The van der Waals surface area contributed by atoms with Crippen LogP contribution in [0, 0.1) is 12.4 Å². The van der Waals surface area contributed by atoms with E-state index in [4.69, 9.17) is 15.0 Å². The molecule has 32 valence electrons. The van der Waals surface area contributed by atoms with E-state index in [0.717, 1.165) is 0 Å². The Balaban J connectivity index is 0. The van der Waals surface area contributed by atoms with Crippen molar-refractivity contribution in [3.05, 3.63) is 0 Å². The van der Waals surface area contributed by atoms with Crippen LogP contribution in [0.5, 0.6) is 0 Å². The molecule has 0 amide bonds. The first-order valence-corrected chi connectivity index (χ1v) is 0.612. The maximum atomic E-state index is 8.33. The lowest BCUT2D eigenvalue weighted by molar-refractivity contribution is -0.415. The van der Waals surface area contributed by atoms with E-state index in [1.54, 1.807) is 0 Å². The molecule has 5 heavy (non-hydrogen) atoms. The molecule has 3 nitrogen and oxygen atoms in total. The summed E-state index contributed by atoms with van der Waals surface area (Å²) in [5.41, 5.74) is 0. The van der Waals surface area contributed by atoms with Crippen LogP contribution in [0.25, 0.3) is 0 Å². The van der Waals surface area contributed by atoms with Crippen LogP contribution in [-0.4, -0.2) is 6.16 Å². The smallest absolute Gasteiger partial charge is 0.0431 e. The minimum absolute atomic E-state index is 0. The molecular weight excluding hydrogens is 95.5 g/mol. The lowest BCUT2D eigenvalue weighted by atomic mass is 11.5. The first-order chi connectivity index (χ1) is 1.73. The summed E-state index contributed by atoms with van der Waals surface area (Å²) >= 11 is 0. The van der Waals surface area contributed by atoms with Gasteiger partial charge in [-0.25, -0.2) is 0 Å². The molecule has 0 atom stereocenters. The van der Waals surface area contributed by atoms with Gasteiger partial charge in [-0.05, 0) is 6.16 Å². The zero-order valence-electron chi connectivity index (χ0n) is 2.22. The summed E-state index contributed by atoms with van der Waals surface area (Å²) in [5, 5.41) is 16.7. The molecule has 0 rings (SSSR count). The van der Waals surface area contributed by atoms with Crippen LogP contribution >= 0.6 is 0 Å². The van der Waals surface area contributed by atoms with Crippen LogP contribution < -0.4 is 10.2 Å². The number of rotatable bonds is 0. The van der Waals surface area contributed by atoms with Gasteiger partial charge in [0.1, 0.15) is 0 Å². The molecule has 0 saturated carbocycles. The van der Waals surface area contributed by atoms with Crippen LogP contribution in [0.2, 0.25) is 0 Å². The first-order valence-electron chi connectivity index (χ1n) is 0.612. The first kappa shape index (κ1) is 8.82. The van der Waals surface area contributed by atoms with Gasteiger partial charge < -0.3 is 15.0 Å². The van der Waals surface area contributed by atoms with Crippen LogP contribution in [0.3, 0.4) is 0 Å². The molecule has 0 unspecified atom stereocenters. The van der Waals surface area contributed by atoms with E-state index in [2.05, 4.69) is 0 Å². The lowest BCUT2D eigenvalue weighted by Crippen LogP contribution is -2.37. The Bertz CT molecular complexity index is 29.9. The van der Waals surface area contributed by atoms with Crippen molar-refractivity contribution in [3.63, 3.8) is 0 Å². The van der Waals surface area contributed by atoms with Gasteiger partial charge >= 0.3 is 0 Å². The average Bonchev–Trinajstić information content (AvgIpc) is 0.811. The molecule has 0 fully saturated rings. The summed E-state index contributed by atoms with van der Waals surface area (Å²) in [7, 11) is 0. The molecule has 0 aromatic carbocycles. The Kier molecular flexibility index (Phi) is 6.28. The van der Waals surface area contributed by atoms with Crippen molar-refractivity contribution < 1.29 is 27.4 Å². The highest BCUT2D eigenvalue weighted by molar-refractivity contribution is 5.47. The average molecular weight is 98.5 g/mol.